The summed E-state index contributed by atoms with van der Waals surface area (Å²) in [7, 11) is 0. The molecule has 94 valence electrons. The highest BCUT2D eigenvalue weighted by molar-refractivity contribution is 5.78. The van der Waals surface area contributed by atoms with Gasteiger partial charge in [0, 0.05) is 24.5 Å². The molecule has 0 unspecified atom stereocenters. The summed E-state index contributed by atoms with van der Waals surface area (Å²) >= 11 is 0. The van der Waals surface area contributed by atoms with Gasteiger partial charge in [0.2, 0.25) is 5.91 Å². The topological polar surface area (TPSA) is 46.3 Å². The molecule has 0 radical (unpaired) electrons. The van der Waals surface area contributed by atoms with Gasteiger partial charge in [-0.2, -0.15) is 0 Å². The molecule has 1 rings (SSSR count). The number of nitrogens with zero attached hydrogens (tertiary/aromatic N) is 1. The van der Waals surface area contributed by atoms with Crippen molar-refractivity contribution < 1.29 is 4.79 Å². The third kappa shape index (κ3) is 3.48. The van der Waals surface area contributed by atoms with E-state index in [0.29, 0.717) is 12.3 Å². The Hall–Kier alpha value is -0.570. The fraction of sp³-hybridized carbons (Fsp3) is 0.923. The first-order chi connectivity index (χ1) is 7.34. The Bertz CT molecular complexity index is 244. The first kappa shape index (κ1) is 13.5. The minimum Gasteiger partial charge on any atom is -0.340 e. The van der Waals surface area contributed by atoms with Crippen molar-refractivity contribution >= 4 is 5.91 Å². The van der Waals surface area contributed by atoms with Gasteiger partial charge in [-0.1, -0.05) is 13.8 Å². The maximum Gasteiger partial charge on any atom is 0.224 e. The fourth-order valence-corrected chi connectivity index (χ4v) is 2.20. The second-order valence-electron chi connectivity index (χ2n) is 5.93. The van der Waals surface area contributed by atoms with Crippen LogP contribution in [0.3, 0.4) is 0 Å². The van der Waals surface area contributed by atoms with Gasteiger partial charge in [-0.05, 0) is 39.0 Å². The zero-order valence-corrected chi connectivity index (χ0v) is 11.1. The maximum atomic E-state index is 12.2. The van der Waals surface area contributed by atoms with Crippen molar-refractivity contribution in [3.8, 4) is 0 Å². The molecule has 1 saturated carbocycles. The lowest BCUT2D eigenvalue weighted by molar-refractivity contribution is -0.135. The highest BCUT2D eigenvalue weighted by Crippen LogP contribution is 2.32. The van der Waals surface area contributed by atoms with Crippen LogP contribution in [0.2, 0.25) is 0 Å². The van der Waals surface area contributed by atoms with Gasteiger partial charge in [-0.25, -0.2) is 0 Å². The SMILES string of the molecule is CC(C)CN(C(=O)CC1(N)CCC1)C(C)C. The van der Waals surface area contributed by atoms with Crippen LogP contribution in [0, 0.1) is 5.92 Å². The molecule has 16 heavy (non-hydrogen) atoms. The molecule has 0 heterocycles. The average Bonchev–Trinajstić information content (AvgIpc) is 2.10. The minimum atomic E-state index is -0.193. The number of nitrogens with two attached hydrogens (primary N) is 1. The van der Waals surface area contributed by atoms with E-state index in [9.17, 15) is 4.79 Å². The summed E-state index contributed by atoms with van der Waals surface area (Å²) in [5.74, 6) is 0.743. The van der Waals surface area contributed by atoms with E-state index in [0.717, 1.165) is 19.4 Å². The van der Waals surface area contributed by atoms with E-state index in [-0.39, 0.29) is 17.5 Å². The molecule has 0 aliphatic heterocycles. The summed E-state index contributed by atoms with van der Waals surface area (Å²) in [4.78, 5) is 14.1. The van der Waals surface area contributed by atoms with Gasteiger partial charge in [-0.3, -0.25) is 4.79 Å². The van der Waals surface area contributed by atoms with Crippen LogP contribution < -0.4 is 5.73 Å². The molecule has 2 N–H and O–H groups in total. The smallest absolute Gasteiger partial charge is 0.224 e. The fourth-order valence-electron chi connectivity index (χ4n) is 2.20. The van der Waals surface area contributed by atoms with E-state index in [1.807, 2.05) is 4.90 Å². The van der Waals surface area contributed by atoms with Gasteiger partial charge >= 0.3 is 0 Å². The van der Waals surface area contributed by atoms with Gasteiger partial charge in [0.15, 0.2) is 0 Å². The summed E-state index contributed by atoms with van der Waals surface area (Å²) < 4.78 is 0. The lowest BCUT2D eigenvalue weighted by Crippen LogP contribution is -2.52. The van der Waals surface area contributed by atoms with Crippen LogP contribution in [-0.4, -0.2) is 28.9 Å². The van der Waals surface area contributed by atoms with Gasteiger partial charge in [0.1, 0.15) is 0 Å². The molecule has 1 aliphatic rings. The van der Waals surface area contributed by atoms with E-state index in [4.69, 9.17) is 5.73 Å². The molecule has 1 fully saturated rings. The van der Waals surface area contributed by atoms with E-state index >= 15 is 0 Å². The van der Waals surface area contributed by atoms with E-state index in [1.165, 1.54) is 6.42 Å². The second-order valence-corrected chi connectivity index (χ2v) is 5.93. The second kappa shape index (κ2) is 5.17. The predicted octanol–water partition coefficient (Wildman–Crippen LogP) is 2.15. The maximum absolute atomic E-state index is 12.2. The molecule has 0 aromatic heterocycles. The molecule has 0 bridgehead atoms. The van der Waals surface area contributed by atoms with Crippen molar-refractivity contribution in [2.45, 2.75) is 65.0 Å². The highest BCUT2D eigenvalue weighted by Gasteiger charge is 2.36. The number of rotatable bonds is 5. The normalized spacial score (nSPS) is 18.7. The van der Waals surface area contributed by atoms with Crippen LogP contribution in [0.5, 0.6) is 0 Å². The quantitative estimate of drug-likeness (QED) is 0.780. The third-order valence-electron chi connectivity index (χ3n) is 3.36. The van der Waals surface area contributed by atoms with Crippen LogP contribution in [-0.2, 0) is 4.79 Å². The predicted molar refractivity (Wildman–Crippen MR) is 67.1 cm³/mol. The van der Waals surface area contributed by atoms with E-state index in [2.05, 4.69) is 27.7 Å². The Morgan fingerprint density at radius 2 is 1.88 bits per heavy atom. The summed E-state index contributed by atoms with van der Waals surface area (Å²) in [5, 5.41) is 0. The molecular formula is C13H26N2O. The highest BCUT2D eigenvalue weighted by atomic mass is 16.2. The molecule has 3 heteroatoms. The van der Waals surface area contributed by atoms with Crippen molar-refractivity contribution in [1.29, 1.82) is 0 Å². The largest absolute Gasteiger partial charge is 0.340 e. The Labute approximate surface area is 99.4 Å². The summed E-state index contributed by atoms with van der Waals surface area (Å²) in [6, 6.07) is 0.276. The molecular weight excluding hydrogens is 200 g/mol. The lowest BCUT2D eigenvalue weighted by atomic mass is 9.75. The lowest BCUT2D eigenvalue weighted by Gasteiger charge is -2.40. The zero-order chi connectivity index (χ0) is 12.3. The molecule has 0 saturated heterocycles. The zero-order valence-electron chi connectivity index (χ0n) is 11.1. The molecule has 0 aromatic carbocycles. The van der Waals surface area contributed by atoms with Crippen LogP contribution in [0.1, 0.15) is 53.4 Å². The summed E-state index contributed by atoms with van der Waals surface area (Å²) in [6.07, 6.45) is 3.71. The molecule has 3 nitrogen and oxygen atoms in total. The number of hydrogen-bond acceptors (Lipinski definition) is 2. The van der Waals surface area contributed by atoms with Gasteiger partial charge in [0.05, 0.1) is 0 Å². The molecule has 0 spiro atoms. The summed E-state index contributed by atoms with van der Waals surface area (Å²) in [6.45, 7) is 9.27. The Kier molecular flexibility index (Phi) is 4.36. The summed E-state index contributed by atoms with van der Waals surface area (Å²) in [5.41, 5.74) is 5.93. The van der Waals surface area contributed by atoms with Crippen LogP contribution in [0.15, 0.2) is 0 Å². The number of carbonyl (C=O) groups excluding carboxylic acids is 1. The van der Waals surface area contributed by atoms with E-state index in [1.54, 1.807) is 0 Å². The average molecular weight is 226 g/mol. The van der Waals surface area contributed by atoms with Crippen LogP contribution in [0.25, 0.3) is 0 Å². The molecule has 1 aliphatic carbocycles. The first-order valence-corrected chi connectivity index (χ1v) is 6.42. The third-order valence-corrected chi connectivity index (χ3v) is 3.36. The monoisotopic (exact) mass is 226 g/mol. The number of amides is 1. The standard InChI is InChI=1S/C13H26N2O/c1-10(2)9-15(11(3)4)12(16)8-13(14)6-5-7-13/h10-11H,5-9,14H2,1-4H3. The van der Waals surface area contributed by atoms with Crippen molar-refractivity contribution in [3.63, 3.8) is 0 Å². The molecule has 0 atom stereocenters. The van der Waals surface area contributed by atoms with Gasteiger partial charge in [0.25, 0.3) is 0 Å². The van der Waals surface area contributed by atoms with Crippen molar-refractivity contribution in [2.75, 3.05) is 6.54 Å². The number of hydrogen-bond donors (Lipinski definition) is 1. The Morgan fingerprint density at radius 3 is 2.19 bits per heavy atom. The van der Waals surface area contributed by atoms with E-state index < -0.39 is 0 Å². The van der Waals surface area contributed by atoms with Crippen LogP contribution >= 0.6 is 0 Å². The first-order valence-electron chi connectivity index (χ1n) is 6.42. The molecule has 1 amide bonds. The van der Waals surface area contributed by atoms with Crippen molar-refractivity contribution in [2.24, 2.45) is 11.7 Å². The van der Waals surface area contributed by atoms with Gasteiger partial charge in [-0.15, -0.1) is 0 Å². The molecule has 0 aromatic rings. The number of carbonyl (C=O) groups is 1. The van der Waals surface area contributed by atoms with Gasteiger partial charge < -0.3 is 10.6 Å². The Balaban J connectivity index is 2.53. The van der Waals surface area contributed by atoms with Crippen molar-refractivity contribution in [3.05, 3.63) is 0 Å². The minimum absolute atomic E-state index is 0.193. The Morgan fingerprint density at radius 1 is 1.31 bits per heavy atom. The van der Waals surface area contributed by atoms with Crippen molar-refractivity contribution in [1.82, 2.24) is 4.90 Å². The van der Waals surface area contributed by atoms with Crippen LogP contribution in [0.4, 0.5) is 0 Å².